The van der Waals surface area contributed by atoms with Crippen LogP contribution in [0.3, 0.4) is 0 Å². The van der Waals surface area contributed by atoms with Gasteiger partial charge in [-0.2, -0.15) is 0 Å². The molecule has 11 heteroatoms. The zero-order valence-corrected chi connectivity index (χ0v) is 25.9. The van der Waals surface area contributed by atoms with Gasteiger partial charge in [-0.3, -0.25) is 10.3 Å². The highest BCUT2D eigenvalue weighted by Crippen LogP contribution is 2.32. The van der Waals surface area contributed by atoms with Crippen molar-refractivity contribution in [1.29, 1.82) is 5.41 Å². The van der Waals surface area contributed by atoms with E-state index in [1.165, 1.54) is 6.21 Å². The lowest BCUT2D eigenvalue weighted by Crippen LogP contribution is -2.40. The number of nitrogens with one attached hydrogen (secondary N) is 4. The number of anilines is 1. The van der Waals surface area contributed by atoms with Gasteiger partial charge in [-0.05, 0) is 80.8 Å². The standard InChI is InChI=1S/C21H26ClN5O2.C7H6ClN.C2H6B/c1-21(2,3)29-20(28)27-19(23)25-8-7-12-9-14(24-4)11-16-15-10-13(22)5-6-17(15)26-18(12)16;8-7-3-1-6(5-9)2-4-7;1-3-2/h5-6,9-11,24,26H,7-8H2,1-4H3,(H3,23,25,27,28);1-5,9H;1-2H3. The first-order valence-electron chi connectivity index (χ1n) is 13.1. The molecule has 6 N–H and O–H groups in total. The molecule has 1 amide bonds. The van der Waals surface area contributed by atoms with Gasteiger partial charge in [0.2, 0.25) is 0 Å². The molecule has 217 valence electrons. The van der Waals surface area contributed by atoms with E-state index in [-0.39, 0.29) is 5.96 Å². The number of hydrogen-bond donors (Lipinski definition) is 5. The molecule has 0 spiro atoms. The van der Waals surface area contributed by atoms with Crippen LogP contribution in [0.15, 0.2) is 59.6 Å². The highest BCUT2D eigenvalue weighted by molar-refractivity contribution is 6.32. The van der Waals surface area contributed by atoms with Gasteiger partial charge < -0.3 is 26.2 Å². The van der Waals surface area contributed by atoms with E-state index in [9.17, 15) is 4.79 Å². The normalized spacial score (nSPS) is 11.1. The van der Waals surface area contributed by atoms with Crippen molar-refractivity contribution in [3.05, 3.63) is 75.8 Å². The Kier molecular flexibility index (Phi) is 13.0. The number of amides is 1. The second-order valence-corrected chi connectivity index (χ2v) is 10.9. The zero-order chi connectivity index (χ0) is 30.6. The SMILES string of the molecule is CNc1cc(CCN=C(N)NC(=O)OC(C)(C)C)c2[nH]c3ccc(Cl)cc3c2c1.C[B]C.N=Cc1ccc(Cl)cc1. The van der Waals surface area contributed by atoms with E-state index in [0.29, 0.717) is 23.0 Å². The number of carbonyl (C=O) groups excluding carboxylic acids is 1. The number of guanidine groups is 1. The van der Waals surface area contributed by atoms with Crippen molar-refractivity contribution in [3.8, 4) is 0 Å². The van der Waals surface area contributed by atoms with Crippen molar-refractivity contribution in [2.45, 2.75) is 46.4 Å². The van der Waals surface area contributed by atoms with Crippen LogP contribution in [-0.4, -0.2) is 49.7 Å². The van der Waals surface area contributed by atoms with E-state index in [0.717, 1.165) is 38.6 Å². The first kappa shape index (κ1) is 33.5. The number of aromatic amines is 1. The molecule has 0 aliphatic rings. The fraction of sp³-hybridized carbons (Fsp3) is 0.300. The van der Waals surface area contributed by atoms with Crippen molar-refractivity contribution < 1.29 is 9.53 Å². The van der Waals surface area contributed by atoms with Gasteiger partial charge in [-0.1, -0.05) is 49.0 Å². The summed E-state index contributed by atoms with van der Waals surface area (Å²) < 4.78 is 5.17. The number of carbonyl (C=O) groups is 1. The highest BCUT2D eigenvalue weighted by atomic mass is 35.5. The molecule has 1 radical (unpaired) electrons. The minimum atomic E-state index is -0.620. The van der Waals surface area contributed by atoms with Gasteiger partial charge in [0.25, 0.3) is 0 Å². The lowest BCUT2D eigenvalue weighted by atomic mass is 9.88. The van der Waals surface area contributed by atoms with E-state index in [1.54, 1.807) is 45.0 Å². The largest absolute Gasteiger partial charge is 0.444 e. The maximum absolute atomic E-state index is 11.8. The van der Waals surface area contributed by atoms with Gasteiger partial charge in [-0.25, -0.2) is 4.79 Å². The Hall–Kier alpha value is -3.69. The quantitative estimate of drug-likeness (QED) is 0.0927. The van der Waals surface area contributed by atoms with Crippen molar-refractivity contribution in [3.63, 3.8) is 0 Å². The van der Waals surface area contributed by atoms with Crippen LogP contribution in [0, 0.1) is 5.41 Å². The second-order valence-electron chi connectivity index (χ2n) is 10.0. The molecule has 4 rings (SSSR count). The first-order chi connectivity index (χ1) is 19.4. The number of fused-ring (bicyclic) bond motifs is 3. The number of benzene rings is 3. The summed E-state index contributed by atoms with van der Waals surface area (Å²) in [5, 5.41) is 16.0. The minimum Gasteiger partial charge on any atom is -0.444 e. The predicted octanol–water partition coefficient (Wildman–Crippen LogP) is 7.52. The number of hydrogen-bond acceptors (Lipinski definition) is 5. The molecule has 0 atom stereocenters. The van der Waals surface area contributed by atoms with Gasteiger partial charge in [0, 0.05) is 57.3 Å². The molecule has 0 aliphatic heterocycles. The Labute approximate surface area is 252 Å². The summed E-state index contributed by atoms with van der Waals surface area (Å²) >= 11 is 11.8. The second kappa shape index (κ2) is 15.9. The Morgan fingerprint density at radius 3 is 2.29 bits per heavy atom. The summed E-state index contributed by atoms with van der Waals surface area (Å²) in [6.45, 7) is 9.77. The topological polar surface area (TPSA) is 128 Å². The van der Waals surface area contributed by atoms with Crippen LogP contribution in [0.2, 0.25) is 23.7 Å². The molecule has 4 aromatic rings. The van der Waals surface area contributed by atoms with Gasteiger partial charge in [0.05, 0.1) is 0 Å². The van der Waals surface area contributed by atoms with Crippen molar-refractivity contribution in [2.75, 3.05) is 18.9 Å². The molecule has 1 heterocycles. The molecule has 8 nitrogen and oxygen atoms in total. The molecule has 0 bridgehead atoms. The summed E-state index contributed by atoms with van der Waals surface area (Å²) in [5.74, 6) is 0.0312. The third-order valence-corrected chi connectivity index (χ3v) is 5.86. The van der Waals surface area contributed by atoms with Gasteiger partial charge in [-0.15, -0.1) is 0 Å². The number of aromatic nitrogens is 1. The first-order valence-corrected chi connectivity index (χ1v) is 13.9. The molecule has 0 fully saturated rings. The number of nitrogens with two attached hydrogens (primary N) is 1. The number of aliphatic imine (C=N–C) groups is 1. The summed E-state index contributed by atoms with van der Waals surface area (Å²) in [4.78, 5) is 19.5. The number of alkyl carbamates (subject to hydrolysis) is 1. The minimum absolute atomic E-state index is 0.0312. The average molecular weight is 596 g/mol. The van der Waals surface area contributed by atoms with E-state index < -0.39 is 11.7 Å². The van der Waals surface area contributed by atoms with Gasteiger partial charge in [0.15, 0.2) is 5.96 Å². The maximum atomic E-state index is 11.8. The summed E-state index contributed by atoms with van der Waals surface area (Å²) in [7, 11) is 3.88. The number of nitrogens with zero attached hydrogens (tertiary/aromatic N) is 1. The van der Waals surface area contributed by atoms with Crippen molar-refractivity contribution >= 4 is 76.2 Å². The molecule has 0 aliphatic carbocycles. The lowest BCUT2D eigenvalue weighted by molar-refractivity contribution is 0.0562. The molecule has 41 heavy (non-hydrogen) atoms. The molecule has 0 saturated carbocycles. The lowest BCUT2D eigenvalue weighted by Gasteiger charge is -2.19. The number of halogens is 2. The average Bonchev–Trinajstić information content (AvgIpc) is 3.26. The van der Waals surface area contributed by atoms with Crippen LogP contribution in [-0.2, 0) is 11.2 Å². The third kappa shape index (κ3) is 11.0. The van der Waals surface area contributed by atoms with Crippen molar-refractivity contribution in [1.82, 2.24) is 10.3 Å². The Morgan fingerprint density at radius 2 is 1.71 bits per heavy atom. The summed E-state index contributed by atoms with van der Waals surface area (Å²) in [5.41, 5.74) is 10.2. The number of H-pyrrole nitrogens is 1. The van der Waals surface area contributed by atoms with E-state index in [2.05, 4.69) is 32.7 Å². The third-order valence-electron chi connectivity index (χ3n) is 5.37. The molecule has 0 unspecified atom stereocenters. The number of ether oxygens (including phenoxy) is 1. The van der Waals surface area contributed by atoms with E-state index in [4.69, 9.17) is 39.1 Å². The predicted molar refractivity (Wildman–Crippen MR) is 177 cm³/mol. The monoisotopic (exact) mass is 595 g/mol. The van der Waals surface area contributed by atoms with Crippen LogP contribution in [0.25, 0.3) is 21.8 Å². The van der Waals surface area contributed by atoms with E-state index >= 15 is 0 Å². The highest BCUT2D eigenvalue weighted by Gasteiger charge is 2.16. The zero-order valence-electron chi connectivity index (χ0n) is 24.4. The Bertz CT molecular complexity index is 1480. The van der Waals surface area contributed by atoms with Gasteiger partial charge in [0.1, 0.15) is 12.9 Å². The fourth-order valence-corrected chi connectivity index (χ4v) is 3.99. The van der Waals surface area contributed by atoms with E-state index in [1.807, 2.05) is 46.2 Å². The van der Waals surface area contributed by atoms with Crippen molar-refractivity contribution in [2.24, 2.45) is 10.7 Å². The smallest absolute Gasteiger partial charge is 0.414 e. The fourth-order valence-electron chi connectivity index (χ4n) is 3.69. The Morgan fingerprint density at radius 1 is 1.07 bits per heavy atom. The molecule has 1 aromatic heterocycles. The van der Waals surface area contributed by atoms with Crippen LogP contribution in [0.4, 0.5) is 10.5 Å². The van der Waals surface area contributed by atoms with Gasteiger partial charge >= 0.3 is 6.09 Å². The molecule has 3 aromatic carbocycles. The van der Waals surface area contributed by atoms with Crippen LogP contribution >= 0.6 is 23.2 Å². The molecule has 0 saturated heterocycles. The molecular weight excluding hydrogens is 558 g/mol. The van der Waals surface area contributed by atoms with Crippen LogP contribution in [0.5, 0.6) is 0 Å². The number of rotatable bonds is 5. The van der Waals surface area contributed by atoms with Crippen LogP contribution in [0.1, 0.15) is 31.9 Å². The van der Waals surface area contributed by atoms with Crippen LogP contribution < -0.4 is 16.4 Å². The molecular formula is C30H38BCl2N6O2. The Balaban J connectivity index is 0.000000408. The maximum Gasteiger partial charge on any atom is 0.414 e. The summed E-state index contributed by atoms with van der Waals surface area (Å²) in [6, 6.07) is 17.1. The summed E-state index contributed by atoms with van der Waals surface area (Å²) in [6.07, 6.45) is 1.31.